The minimum absolute atomic E-state index is 0.345. The number of aryl methyl sites for hydroxylation is 3. The van der Waals surface area contributed by atoms with E-state index in [2.05, 4.69) is 80.0 Å². The molecule has 2 aromatic carbocycles. The maximum absolute atomic E-state index is 3.07. The topological polar surface area (TPSA) is 6.48 Å². The monoisotopic (exact) mass is 444 g/mol. The second-order valence-corrected chi connectivity index (χ2v) is 11.2. The lowest BCUT2D eigenvalue weighted by Gasteiger charge is -2.43. The Balaban J connectivity index is 1.69. The van der Waals surface area contributed by atoms with Crippen molar-refractivity contribution in [1.29, 1.82) is 0 Å². The number of hydrogen-bond acceptors (Lipinski definition) is 2. The Morgan fingerprint density at radius 3 is 1.88 bits per heavy atom. The number of nitrogens with zero attached hydrogens (tertiary/aromatic N) is 2. The fourth-order valence-electron chi connectivity index (χ4n) is 7.61. The van der Waals surface area contributed by atoms with Crippen LogP contribution in [0.15, 0.2) is 42.5 Å². The zero-order valence-corrected chi connectivity index (χ0v) is 21.4. The van der Waals surface area contributed by atoms with E-state index in [0.717, 1.165) is 5.92 Å². The van der Waals surface area contributed by atoms with Crippen LogP contribution in [0.5, 0.6) is 0 Å². The second kappa shape index (κ2) is 9.82. The first-order valence-corrected chi connectivity index (χ1v) is 13.8. The summed E-state index contributed by atoms with van der Waals surface area (Å²) in [5.41, 5.74) is 7.33. The van der Waals surface area contributed by atoms with E-state index in [1.165, 1.54) is 86.6 Å². The van der Waals surface area contributed by atoms with Crippen LogP contribution < -0.4 is 4.90 Å². The quantitative estimate of drug-likeness (QED) is 0.470. The van der Waals surface area contributed by atoms with Crippen molar-refractivity contribution < 1.29 is 0 Å². The van der Waals surface area contributed by atoms with Gasteiger partial charge < -0.3 is 4.90 Å². The molecule has 2 aliphatic carbocycles. The average molecular weight is 445 g/mol. The van der Waals surface area contributed by atoms with Crippen molar-refractivity contribution in [2.24, 2.45) is 5.92 Å². The molecule has 0 radical (unpaired) electrons. The number of rotatable bonds is 4. The molecule has 1 heterocycles. The standard InChI is InChI=1S/C31H44N2/c1-22-14-11-12-21-28(22)32-25(4)30(26-17-7-5-8-18-26)33(27-19-9-6-10-20-27)31(32)29-23(2)15-13-16-24(29)3/h11-16,21,25-27,30-31H,5-10,17-20H2,1-4H3/t25-,30?,31?/m0/s1. The molecule has 2 heteroatoms. The number of anilines is 1. The average Bonchev–Trinajstić information content (AvgIpc) is 3.13. The lowest BCUT2D eigenvalue weighted by molar-refractivity contribution is 0.0547. The van der Waals surface area contributed by atoms with Crippen LogP contribution in [0.2, 0.25) is 0 Å². The molecule has 3 fully saturated rings. The van der Waals surface area contributed by atoms with Crippen molar-refractivity contribution in [3.05, 3.63) is 64.7 Å². The van der Waals surface area contributed by atoms with Crippen LogP contribution in [-0.2, 0) is 0 Å². The third kappa shape index (κ3) is 4.25. The highest BCUT2D eigenvalue weighted by atomic mass is 15.5. The first-order chi connectivity index (χ1) is 16.1. The summed E-state index contributed by atoms with van der Waals surface area (Å²) in [5.74, 6) is 0.830. The summed E-state index contributed by atoms with van der Waals surface area (Å²) < 4.78 is 0. The Morgan fingerprint density at radius 2 is 1.24 bits per heavy atom. The van der Waals surface area contributed by atoms with Gasteiger partial charge in [-0.3, -0.25) is 4.90 Å². The second-order valence-electron chi connectivity index (χ2n) is 11.2. The summed E-state index contributed by atoms with van der Waals surface area (Å²) in [4.78, 5) is 5.92. The third-order valence-electron chi connectivity index (χ3n) is 9.15. The molecule has 3 aliphatic rings. The minimum Gasteiger partial charge on any atom is -0.347 e. The molecule has 0 N–H and O–H groups in total. The van der Waals surface area contributed by atoms with Crippen molar-refractivity contribution >= 4 is 5.69 Å². The van der Waals surface area contributed by atoms with E-state index in [-0.39, 0.29) is 0 Å². The first kappa shape index (κ1) is 23.0. The zero-order valence-electron chi connectivity index (χ0n) is 21.4. The predicted molar refractivity (Wildman–Crippen MR) is 141 cm³/mol. The van der Waals surface area contributed by atoms with Gasteiger partial charge in [0.05, 0.1) is 0 Å². The van der Waals surface area contributed by atoms with Crippen LogP contribution in [0.25, 0.3) is 0 Å². The smallest absolute Gasteiger partial charge is 0.110 e. The largest absolute Gasteiger partial charge is 0.347 e. The van der Waals surface area contributed by atoms with Gasteiger partial charge in [-0.1, -0.05) is 74.9 Å². The molecule has 0 bridgehead atoms. The zero-order chi connectivity index (χ0) is 22.9. The molecule has 3 atom stereocenters. The molecule has 2 nitrogen and oxygen atoms in total. The molecule has 2 saturated carbocycles. The van der Waals surface area contributed by atoms with Gasteiger partial charge in [0.2, 0.25) is 0 Å². The van der Waals surface area contributed by atoms with E-state index in [0.29, 0.717) is 24.3 Å². The van der Waals surface area contributed by atoms with Gasteiger partial charge in [0.1, 0.15) is 6.17 Å². The summed E-state index contributed by atoms with van der Waals surface area (Å²) in [6.07, 6.45) is 14.4. The fraction of sp³-hybridized carbons (Fsp3) is 0.613. The van der Waals surface area contributed by atoms with Gasteiger partial charge in [-0.15, -0.1) is 0 Å². The van der Waals surface area contributed by atoms with Gasteiger partial charge in [-0.2, -0.15) is 0 Å². The summed E-state index contributed by atoms with van der Waals surface area (Å²) in [7, 11) is 0. The highest BCUT2D eigenvalue weighted by molar-refractivity contribution is 5.58. The van der Waals surface area contributed by atoms with Crippen LogP contribution in [0.1, 0.15) is 99.6 Å². The molecular formula is C31H44N2. The van der Waals surface area contributed by atoms with Crippen LogP contribution in [0, 0.1) is 26.7 Å². The van der Waals surface area contributed by atoms with Gasteiger partial charge in [0, 0.05) is 23.8 Å². The van der Waals surface area contributed by atoms with Crippen molar-refractivity contribution in [2.45, 2.75) is 116 Å². The molecule has 0 aromatic heterocycles. The van der Waals surface area contributed by atoms with Crippen molar-refractivity contribution in [1.82, 2.24) is 4.90 Å². The van der Waals surface area contributed by atoms with Gasteiger partial charge in [-0.25, -0.2) is 0 Å². The van der Waals surface area contributed by atoms with E-state index in [1.54, 1.807) is 5.56 Å². The summed E-state index contributed by atoms with van der Waals surface area (Å²) in [6.45, 7) is 9.55. The summed E-state index contributed by atoms with van der Waals surface area (Å²) in [6, 6.07) is 18.0. The lowest BCUT2D eigenvalue weighted by atomic mass is 9.80. The van der Waals surface area contributed by atoms with Gasteiger partial charge in [-0.05, 0) is 87.6 Å². The van der Waals surface area contributed by atoms with E-state index in [9.17, 15) is 0 Å². The van der Waals surface area contributed by atoms with Crippen LogP contribution in [0.3, 0.4) is 0 Å². The molecule has 5 rings (SSSR count). The Labute approximate surface area is 202 Å². The Morgan fingerprint density at radius 1 is 0.667 bits per heavy atom. The number of hydrogen-bond donors (Lipinski definition) is 0. The maximum atomic E-state index is 3.07. The van der Waals surface area contributed by atoms with E-state index >= 15 is 0 Å². The molecule has 2 unspecified atom stereocenters. The van der Waals surface area contributed by atoms with Crippen molar-refractivity contribution in [2.75, 3.05) is 4.90 Å². The van der Waals surface area contributed by atoms with Gasteiger partial charge in [0.25, 0.3) is 0 Å². The Bertz CT molecular complexity index is 917. The molecule has 0 spiro atoms. The highest BCUT2D eigenvalue weighted by Crippen LogP contribution is 2.50. The highest BCUT2D eigenvalue weighted by Gasteiger charge is 2.51. The van der Waals surface area contributed by atoms with E-state index in [4.69, 9.17) is 0 Å². The Hall–Kier alpha value is -1.80. The first-order valence-electron chi connectivity index (χ1n) is 13.8. The maximum Gasteiger partial charge on any atom is 0.110 e. The van der Waals surface area contributed by atoms with Crippen molar-refractivity contribution in [3.63, 3.8) is 0 Å². The summed E-state index contributed by atoms with van der Waals surface area (Å²) >= 11 is 0. The third-order valence-corrected chi connectivity index (χ3v) is 9.15. The van der Waals surface area contributed by atoms with Crippen molar-refractivity contribution in [3.8, 4) is 0 Å². The molecular weight excluding hydrogens is 400 g/mol. The molecule has 2 aromatic rings. The van der Waals surface area contributed by atoms with E-state index < -0.39 is 0 Å². The summed E-state index contributed by atoms with van der Waals surface area (Å²) in [5, 5.41) is 0. The molecule has 1 saturated heterocycles. The van der Waals surface area contributed by atoms with E-state index in [1.807, 2.05) is 0 Å². The van der Waals surface area contributed by atoms with Crippen LogP contribution in [0.4, 0.5) is 5.69 Å². The Kier molecular flexibility index (Phi) is 6.84. The minimum atomic E-state index is 0.345. The van der Waals surface area contributed by atoms with Gasteiger partial charge >= 0.3 is 0 Å². The number of para-hydroxylation sites is 1. The number of benzene rings is 2. The van der Waals surface area contributed by atoms with Crippen LogP contribution >= 0.6 is 0 Å². The molecule has 0 amide bonds. The molecule has 178 valence electrons. The van der Waals surface area contributed by atoms with Crippen LogP contribution in [-0.4, -0.2) is 23.0 Å². The molecule has 1 aliphatic heterocycles. The lowest BCUT2D eigenvalue weighted by Crippen LogP contribution is -2.48. The van der Waals surface area contributed by atoms with Gasteiger partial charge in [0.15, 0.2) is 0 Å². The molecule has 33 heavy (non-hydrogen) atoms. The fourth-order valence-corrected chi connectivity index (χ4v) is 7.61. The normalized spacial score (nSPS) is 27.9. The SMILES string of the molecule is Cc1ccccc1N1C(c2c(C)cccc2C)N(C2CCCCC2)C(C2CCCCC2)[C@@H]1C. The predicted octanol–water partition coefficient (Wildman–Crippen LogP) is 8.10.